The average Bonchev–Trinajstić information content (AvgIpc) is 3.23. The summed E-state index contributed by atoms with van der Waals surface area (Å²) in [4.78, 5) is 24.4. The van der Waals surface area contributed by atoms with E-state index in [4.69, 9.17) is 32.7 Å². The van der Waals surface area contributed by atoms with Crippen molar-refractivity contribution in [3.05, 3.63) is 76.6 Å². The molecule has 0 unspecified atom stereocenters. The molecule has 1 N–H and O–H groups in total. The SMILES string of the molecule is C=CCn1c(CCCOc2ccc(Cl)cc2Cl)nnc1SCC(=O)Nc1ccccc1C(=O)OC. The van der Waals surface area contributed by atoms with Gasteiger partial charge < -0.3 is 19.4 Å². The zero-order valence-electron chi connectivity index (χ0n) is 19.0. The van der Waals surface area contributed by atoms with Crippen LogP contribution in [0.15, 0.2) is 60.3 Å². The quantitative estimate of drug-likeness (QED) is 0.146. The van der Waals surface area contributed by atoms with E-state index >= 15 is 0 Å². The van der Waals surface area contributed by atoms with Gasteiger partial charge in [0.15, 0.2) is 5.16 Å². The van der Waals surface area contributed by atoms with Crippen LogP contribution in [0.2, 0.25) is 10.0 Å². The molecule has 8 nitrogen and oxygen atoms in total. The number of para-hydroxylation sites is 1. The molecule has 0 aliphatic rings. The van der Waals surface area contributed by atoms with E-state index in [-0.39, 0.29) is 17.2 Å². The van der Waals surface area contributed by atoms with Gasteiger partial charge >= 0.3 is 5.97 Å². The molecule has 2 aromatic carbocycles. The van der Waals surface area contributed by atoms with Crippen LogP contribution in [0.25, 0.3) is 0 Å². The van der Waals surface area contributed by atoms with Gasteiger partial charge in [-0.1, -0.05) is 53.2 Å². The second-order valence-corrected chi connectivity index (χ2v) is 8.98. The Balaban J connectivity index is 1.56. The largest absolute Gasteiger partial charge is 0.492 e. The van der Waals surface area contributed by atoms with E-state index in [9.17, 15) is 9.59 Å². The number of thioether (sulfide) groups is 1. The molecule has 3 rings (SSSR count). The van der Waals surface area contributed by atoms with Crippen molar-refractivity contribution in [3.63, 3.8) is 0 Å². The number of amides is 1. The minimum Gasteiger partial charge on any atom is -0.492 e. The minimum absolute atomic E-state index is 0.0863. The summed E-state index contributed by atoms with van der Waals surface area (Å²) in [6, 6.07) is 11.7. The van der Waals surface area contributed by atoms with Crippen LogP contribution < -0.4 is 10.1 Å². The highest BCUT2D eigenvalue weighted by atomic mass is 35.5. The Morgan fingerprint density at radius 1 is 1.20 bits per heavy atom. The lowest BCUT2D eigenvalue weighted by Crippen LogP contribution is -2.17. The van der Waals surface area contributed by atoms with E-state index in [0.29, 0.717) is 52.6 Å². The van der Waals surface area contributed by atoms with Crippen LogP contribution in [0.1, 0.15) is 22.6 Å². The first-order chi connectivity index (χ1) is 16.9. The van der Waals surface area contributed by atoms with Crippen molar-refractivity contribution in [1.29, 1.82) is 0 Å². The topological polar surface area (TPSA) is 95.3 Å². The van der Waals surface area contributed by atoms with Gasteiger partial charge in [0.25, 0.3) is 0 Å². The molecule has 11 heteroatoms. The molecule has 1 amide bonds. The van der Waals surface area contributed by atoms with Crippen molar-refractivity contribution < 1.29 is 19.1 Å². The highest BCUT2D eigenvalue weighted by molar-refractivity contribution is 7.99. The van der Waals surface area contributed by atoms with Crippen molar-refractivity contribution in [2.24, 2.45) is 0 Å². The van der Waals surface area contributed by atoms with Crippen LogP contribution in [0.5, 0.6) is 5.75 Å². The molecular weight excluding hydrogens is 511 g/mol. The predicted octanol–water partition coefficient (Wildman–Crippen LogP) is 5.30. The van der Waals surface area contributed by atoms with Gasteiger partial charge in [-0.05, 0) is 36.8 Å². The molecule has 0 fully saturated rings. The number of ether oxygens (including phenoxy) is 2. The van der Waals surface area contributed by atoms with Crippen molar-refractivity contribution in [3.8, 4) is 5.75 Å². The predicted molar refractivity (Wildman–Crippen MR) is 138 cm³/mol. The van der Waals surface area contributed by atoms with Gasteiger partial charge in [-0.15, -0.1) is 16.8 Å². The van der Waals surface area contributed by atoms with Crippen molar-refractivity contribution in [1.82, 2.24) is 14.8 Å². The van der Waals surface area contributed by atoms with Gasteiger partial charge in [-0.3, -0.25) is 4.79 Å². The van der Waals surface area contributed by atoms with Crippen LogP contribution in [0.4, 0.5) is 5.69 Å². The molecule has 0 radical (unpaired) electrons. The molecule has 184 valence electrons. The van der Waals surface area contributed by atoms with Gasteiger partial charge in [0.2, 0.25) is 5.91 Å². The number of esters is 1. The first-order valence-corrected chi connectivity index (χ1v) is 12.4. The minimum atomic E-state index is -0.522. The molecule has 0 saturated heterocycles. The fourth-order valence-corrected chi connectivity index (χ4v) is 4.35. The number of rotatable bonds is 12. The summed E-state index contributed by atoms with van der Waals surface area (Å²) >= 11 is 13.3. The first-order valence-electron chi connectivity index (χ1n) is 10.6. The number of anilines is 1. The molecule has 0 atom stereocenters. The lowest BCUT2D eigenvalue weighted by molar-refractivity contribution is -0.113. The Morgan fingerprint density at radius 3 is 2.74 bits per heavy atom. The molecule has 0 aliphatic carbocycles. The van der Waals surface area contributed by atoms with Gasteiger partial charge in [0.1, 0.15) is 11.6 Å². The number of hydrogen-bond donors (Lipinski definition) is 1. The number of benzene rings is 2. The zero-order valence-corrected chi connectivity index (χ0v) is 21.3. The van der Waals surface area contributed by atoms with E-state index in [1.807, 2.05) is 4.57 Å². The Morgan fingerprint density at radius 2 is 2.00 bits per heavy atom. The number of aromatic nitrogens is 3. The summed E-state index contributed by atoms with van der Waals surface area (Å²) < 4.78 is 12.4. The first kappa shape index (κ1) is 26.6. The van der Waals surface area contributed by atoms with E-state index < -0.39 is 5.97 Å². The molecule has 3 aromatic rings. The summed E-state index contributed by atoms with van der Waals surface area (Å²) in [5.41, 5.74) is 0.673. The Labute approximate surface area is 217 Å². The number of aryl methyl sites for hydroxylation is 1. The van der Waals surface area contributed by atoms with E-state index in [1.54, 1.807) is 48.5 Å². The van der Waals surface area contributed by atoms with Crippen molar-refractivity contribution in [2.75, 3.05) is 24.8 Å². The van der Waals surface area contributed by atoms with E-state index in [1.165, 1.54) is 18.9 Å². The molecule has 0 bridgehead atoms. The van der Waals surface area contributed by atoms with Crippen molar-refractivity contribution in [2.45, 2.75) is 24.5 Å². The molecule has 1 aromatic heterocycles. The second-order valence-electron chi connectivity index (χ2n) is 7.20. The van der Waals surface area contributed by atoms with Gasteiger partial charge in [0.05, 0.1) is 35.7 Å². The fourth-order valence-electron chi connectivity index (χ4n) is 3.12. The smallest absolute Gasteiger partial charge is 0.339 e. The van der Waals surface area contributed by atoms with E-state index in [2.05, 4.69) is 22.1 Å². The van der Waals surface area contributed by atoms with Crippen LogP contribution in [-0.4, -0.2) is 46.1 Å². The summed E-state index contributed by atoms with van der Waals surface area (Å²) in [6.45, 7) is 4.74. The molecule has 0 saturated carbocycles. The molecule has 1 heterocycles. The fraction of sp³-hybridized carbons (Fsp3) is 0.250. The Hall–Kier alpha value is -3.01. The third-order valence-electron chi connectivity index (χ3n) is 4.74. The maximum atomic E-state index is 12.5. The highest BCUT2D eigenvalue weighted by Gasteiger charge is 2.16. The van der Waals surface area contributed by atoms with Gasteiger partial charge in [-0.2, -0.15) is 0 Å². The highest BCUT2D eigenvalue weighted by Crippen LogP contribution is 2.27. The summed E-state index contributed by atoms with van der Waals surface area (Å²) in [5, 5.41) is 12.8. The van der Waals surface area contributed by atoms with Gasteiger partial charge in [0, 0.05) is 18.0 Å². The Bertz CT molecular complexity index is 1200. The Kier molecular flexibility index (Phi) is 10.0. The summed E-state index contributed by atoms with van der Waals surface area (Å²) in [7, 11) is 1.29. The van der Waals surface area contributed by atoms with Crippen LogP contribution in [-0.2, 0) is 22.5 Å². The zero-order chi connectivity index (χ0) is 25.2. The number of halogens is 2. The third-order valence-corrected chi connectivity index (χ3v) is 6.24. The van der Waals surface area contributed by atoms with Crippen LogP contribution in [0.3, 0.4) is 0 Å². The van der Waals surface area contributed by atoms with E-state index in [0.717, 1.165) is 5.82 Å². The molecule has 0 aliphatic heterocycles. The average molecular weight is 535 g/mol. The summed E-state index contributed by atoms with van der Waals surface area (Å²) in [5.74, 6) is 0.609. The number of carbonyl (C=O) groups excluding carboxylic acids is 2. The van der Waals surface area contributed by atoms with Crippen LogP contribution in [0, 0.1) is 0 Å². The maximum absolute atomic E-state index is 12.5. The lowest BCUT2D eigenvalue weighted by Gasteiger charge is -2.10. The lowest BCUT2D eigenvalue weighted by atomic mass is 10.2. The van der Waals surface area contributed by atoms with Gasteiger partial charge in [-0.25, -0.2) is 4.79 Å². The molecule has 0 spiro atoms. The standard InChI is InChI=1S/C24H24Cl2N4O4S/c1-3-12-30-21(9-6-13-34-20-11-10-16(25)14-18(20)26)28-29-24(30)35-15-22(31)27-19-8-5-4-7-17(19)23(32)33-2/h3-5,7-8,10-11,14H,1,6,9,12-13,15H2,2H3,(H,27,31). The number of hydrogen-bond acceptors (Lipinski definition) is 7. The summed E-state index contributed by atoms with van der Waals surface area (Å²) in [6.07, 6.45) is 3.04. The second kappa shape index (κ2) is 13.2. The molecular formula is C24H24Cl2N4O4S. The number of nitrogens with one attached hydrogen (secondary N) is 1. The number of carbonyl (C=O) groups is 2. The molecule has 35 heavy (non-hydrogen) atoms. The van der Waals surface area contributed by atoms with Crippen molar-refractivity contribution >= 4 is 52.5 Å². The normalized spacial score (nSPS) is 10.6. The van der Waals surface area contributed by atoms with Crippen LogP contribution >= 0.6 is 35.0 Å². The number of methoxy groups -OCH3 is 1. The maximum Gasteiger partial charge on any atom is 0.339 e. The number of nitrogens with zero attached hydrogens (tertiary/aromatic N) is 3. The monoisotopic (exact) mass is 534 g/mol. The number of allylic oxidation sites excluding steroid dienone is 1. The third kappa shape index (κ3) is 7.48.